The molecule has 0 atom stereocenters. The molecule has 124 valence electrons. The number of rotatable bonds is 3. The Hall–Kier alpha value is -3.07. The van der Waals surface area contributed by atoms with Crippen LogP contribution < -0.4 is 10.4 Å². The predicted molar refractivity (Wildman–Crippen MR) is 80.7 cm³/mol. The molecule has 2 aromatic heterocycles. The minimum absolute atomic E-state index is 0.00950. The van der Waals surface area contributed by atoms with E-state index in [4.69, 9.17) is 5.21 Å². The molecule has 2 aromatic rings. The fraction of sp³-hybridized carbons (Fsp3) is 0.200. The van der Waals surface area contributed by atoms with E-state index < -0.39 is 11.7 Å². The summed E-state index contributed by atoms with van der Waals surface area (Å²) >= 11 is 0. The number of nitrogens with zero attached hydrogens (tertiary/aromatic N) is 4. The molecule has 0 aliphatic carbocycles. The molecule has 3 rings (SSSR count). The zero-order valence-corrected chi connectivity index (χ0v) is 12.7. The first kappa shape index (κ1) is 15.8. The van der Waals surface area contributed by atoms with Crippen molar-refractivity contribution in [1.29, 1.82) is 0 Å². The predicted octanol–water partition coefficient (Wildman–Crippen LogP) is 1.31. The highest BCUT2D eigenvalue weighted by Gasteiger charge is 2.30. The summed E-state index contributed by atoms with van der Waals surface area (Å²) < 4.78 is 14.2. The molecule has 0 bridgehead atoms. The summed E-state index contributed by atoms with van der Waals surface area (Å²) in [6.07, 6.45) is 2.68. The maximum atomic E-state index is 14.2. The maximum absolute atomic E-state index is 14.2. The van der Waals surface area contributed by atoms with Gasteiger partial charge in [0.15, 0.2) is 0 Å². The van der Waals surface area contributed by atoms with Crippen molar-refractivity contribution in [1.82, 2.24) is 20.3 Å². The van der Waals surface area contributed by atoms with Crippen molar-refractivity contribution >= 4 is 17.8 Å². The molecule has 0 fully saturated rings. The van der Waals surface area contributed by atoms with Crippen LogP contribution in [0.1, 0.15) is 21.6 Å². The number of nitrogens with one attached hydrogen (secondary N) is 1. The van der Waals surface area contributed by atoms with E-state index in [2.05, 4.69) is 9.97 Å². The van der Waals surface area contributed by atoms with Gasteiger partial charge in [-0.1, -0.05) is 6.07 Å². The van der Waals surface area contributed by atoms with E-state index in [1.165, 1.54) is 15.3 Å². The largest absolute Gasteiger partial charge is 0.326 e. The average molecular weight is 331 g/mol. The molecule has 1 aliphatic heterocycles. The fourth-order valence-electron chi connectivity index (χ4n) is 2.48. The Kier molecular flexibility index (Phi) is 4.09. The third-order valence-electron chi connectivity index (χ3n) is 3.68. The smallest absolute Gasteiger partial charge is 0.323 e. The standard InChI is InChI=1S/C15H14FN5O3/c1-20-7-9-3-2-4-17-13(9)21(15(20)23)8-12-11(16)5-10(6-18-12)14(22)19-24/h2-6,24H,7-8H2,1H3,(H,19,22). The van der Waals surface area contributed by atoms with Crippen molar-refractivity contribution < 1.29 is 19.2 Å². The summed E-state index contributed by atoms with van der Waals surface area (Å²) in [5.41, 5.74) is 2.12. The van der Waals surface area contributed by atoms with Crippen molar-refractivity contribution in [3.8, 4) is 0 Å². The van der Waals surface area contributed by atoms with Gasteiger partial charge < -0.3 is 4.90 Å². The van der Waals surface area contributed by atoms with E-state index in [9.17, 15) is 14.0 Å². The molecule has 0 aromatic carbocycles. The highest BCUT2D eigenvalue weighted by atomic mass is 19.1. The Morgan fingerprint density at radius 1 is 1.46 bits per heavy atom. The van der Waals surface area contributed by atoms with E-state index in [1.54, 1.807) is 19.3 Å². The van der Waals surface area contributed by atoms with Gasteiger partial charge in [-0.05, 0) is 12.1 Å². The number of halogens is 1. The number of aromatic nitrogens is 2. The van der Waals surface area contributed by atoms with E-state index in [0.717, 1.165) is 17.8 Å². The monoisotopic (exact) mass is 331 g/mol. The number of fused-ring (bicyclic) bond motifs is 1. The molecule has 0 unspecified atom stereocenters. The lowest BCUT2D eigenvalue weighted by molar-refractivity contribution is 0.0705. The number of hydrogen-bond donors (Lipinski definition) is 2. The zero-order chi connectivity index (χ0) is 17.3. The van der Waals surface area contributed by atoms with Gasteiger partial charge in [0.2, 0.25) is 0 Å². The summed E-state index contributed by atoms with van der Waals surface area (Å²) in [6, 6.07) is 4.24. The number of anilines is 1. The maximum Gasteiger partial charge on any atom is 0.326 e. The third kappa shape index (κ3) is 2.76. The van der Waals surface area contributed by atoms with Crippen LogP contribution in [0.5, 0.6) is 0 Å². The molecular formula is C15H14FN5O3. The second-order valence-electron chi connectivity index (χ2n) is 5.30. The van der Waals surface area contributed by atoms with Gasteiger partial charge in [0.05, 0.1) is 24.3 Å². The number of amides is 3. The lowest BCUT2D eigenvalue weighted by Gasteiger charge is -2.33. The molecule has 0 radical (unpaired) electrons. The zero-order valence-electron chi connectivity index (χ0n) is 12.7. The number of urea groups is 1. The van der Waals surface area contributed by atoms with Crippen LogP contribution in [-0.2, 0) is 13.1 Å². The molecule has 3 amide bonds. The first-order valence-corrected chi connectivity index (χ1v) is 7.06. The lowest BCUT2D eigenvalue weighted by atomic mass is 10.1. The Morgan fingerprint density at radius 3 is 2.96 bits per heavy atom. The summed E-state index contributed by atoms with van der Waals surface area (Å²) in [6.45, 7) is 0.296. The van der Waals surface area contributed by atoms with Crippen LogP contribution in [0, 0.1) is 5.82 Å². The van der Waals surface area contributed by atoms with E-state index in [-0.39, 0.29) is 23.8 Å². The SMILES string of the molecule is CN1Cc2cccnc2N(Cc2ncc(C(=O)NO)cc2F)C1=O. The topological polar surface area (TPSA) is 98.7 Å². The molecule has 0 saturated heterocycles. The second kappa shape index (κ2) is 6.20. The normalized spacial score (nSPS) is 13.7. The van der Waals surface area contributed by atoms with E-state index >= 15 is 0 Å². The van der Waals surface area contributed by atoms with Crippen LogP contribution >= 0.6 is 0 Å². The first-order valence-electron chi connectivity index (χ1n) is 7.06. The molecular weight excluding hydrogens is 317 g/mol. The Bertz CT molecular complexity index is 813. The summed E-state index contributed by atoms with van der Waals surface area (Å²) in [4.78, 5) is 34.6. The van der Waals surface area contributed by atoms with Gasteiger partial charge >= 0.3 is 6.03 Å². The van der Waals surface area contributed by atoms with Crippen LogP contribution in [0.3, 0.4) is 0 Å². The number of carbonyl (C=O) groups is 2. The van der Waals surface area contributed by atoms with Crippen LogP contribution in [0.4, 0.5) is 15.0 Å². The van der Waals surface area contributed by atoms with Gasteiger partial charge in [-0.3, -0.25) is 19.9 Å². The molecule has 9 heteroatoms. The molecule has 24 heavy (non-hydrogen) atoms. The molecule has 2 N–H and O–H groups in total. The van der Waals surface area contributed by atoms with Crippen LogP contribution in [0.15, 0.2) is 30.6 Å². The first-order chi connectivity index (χ1) is 11.5. The molecule has 3 heterocycles. The van der Waals surface area contributed by atoms with Crippen molar-refractivity contribution in [3.63, 3.8) is 0 Å². The van der Waals surface area contributed by atoms with Gasteiger partial charge in [-0.2, -0.15) is 0 Å². The Labute approximate surface area is 136 Å². The number of pyridine rings is 2. The number of hydrogen-bond acceptors (Lipinski definition) is 5. The van der Waals surface area contributed by atoms with Gasteiger partial charge in [-0.15, -0.1) is 0 Å². The summed E-state index contributed by atoms with van der Waals surface area (Å²) in [7, 11) is 1.64. The van der Waals surface area contributed by atoms with Gasteiger partial charge in [0, 0.05) is 25.0 Å². The number of carbonyl (C=O) groups excluding carboxylic acids is 2. The van der Waals surface area contributed by atoms with Gasteiger partial charge in [0.1, 0.15) is 11.6 Å². The highest BCUT2D eigenvalue weighted by molar-refractivity contribution is 5.94. The summed E-state index contributed by atoms with van der Waals surface area (Å²) in [5, 5.41) is 8.57. The van der Waals surface area contributed by atoms with Crippen LogP contribution in [0.25, 0.3) is 0 Å². The van der Waals surface area contributed by atoms with Crippen molar-refractivity contribution in [2.75, 3.05) is 11.9 Å². The molecule has 0 spiro atoms. The average Bonchev–Trinajstić information content (AvgIpc) is 2.59. The third-order valence-corrected chi connectivity index (χ3v) is 3.68. The number of hydroxylamine groups is 1. The van der Waals surface area contributed by atoms with E-state index in [1.807, 2.05) is 6.07 Å². The van der Waals surface area contributed by atoms with Crippen molar-refractivity contribution in [3.05, 3.63) is 53.2 Å². The van der Waals surface area contributed by atoms with Crippen molar-refractivity contribution in [2.45, 2.75) is 13.1 Å². The quantitative estimate of drug-likeness (QED) is 0.652. The fourth-order valence-corrected chi connectivity index (χ4v) is 2.48. The highest BCUT2D eigenvalue weighted by Crippen LogP contribution is 2.27. The van der Waals surface area contributed by atoms with Gasteiger partial charge in [0.25, 0.3) is 5.91 Å². The Morgan fingerprint density at radius 2 is 2.25 bits per heavy atom. The lowest BCUT2D eigenvalue weighted by Crippen LogP contribution is -2.45. The summed E-state index contributed by atoms with van der Waals surface area (Å²) in [5.74, 6) is -1.16. The van der Waals surface area contributed by atoms with Gasteiger partial charge in [-0.25, -0.2) is 19.6 Å². The molecule has 0 saturated carbocycles. The molecule has 1 aliphatic rings. The van der Waals surface area contributed by atoms with Crippen LogP contribution in [-0.4, -0.2) is 39.1 Å². The second-order valence-corrected chi connectivity index (χ2v) is 5.30. The van der Waals surface area contributed by atoms with Crippen molar-refractivity contribution in [2.24, 2.45) is 0 Å². The minimum atomic E-state index is -0.867. The van der Waals surface area contributed by atoms with Crippen LogP contribution in [0.2, 0.25) is 0 Å². The molecule has 8 nitrogen and oxygen atoms in total. The minimum Gasteiger partial charge on any atom is -0.323 e. The van der Waals surface area contributed by atoms with E-state index in [0.29, 0.717) is 12.4 Å². The Balaban J connectivity index is 1.93.